The third kappa shape index (κ3) is 5.33. The summed E-state index contributed by atoms with van der Waals surface area (Å²) in [6.45, 7) is 8.57. The topological polar surface area (TPSA) is 42.8 Å². The smallest absolute Gasteiger partial charge is 0.160 e. The van der Waals surface area contributed by atoms with E-state index in [1.54, 1.807) is 0 Å². The predicted molar refractivity (Wildman–Crippen MR) is 219 cm³/mol. The Kier molecular flexibility index (Phi) is 7.71. The van der Waals surface area contributed by atoms with Crippen molar-refractivity contribution in [1.82, 2.24) is 4.57 Å². The maximum Gasteiger partial charge on any atom is 0.160 e. The van der Waals surface area contributed by atoms with Crippen molar-refractivity contribution in [3.63, 3.8) is 0 Å². The first-order chi connectivity index (χ1) is 25.5. The van der Waals surface area contributed by atoms with E-state index < -0.39 is 0 Å². The molecule has 0 N–H and O–H groups in total. The van der Waals surface area contributed by atoms with Gasteiger partial charge in [0.2, 0.25) is 0 Å². The van der Waals surface area contributed by atoms with Gasteiger partial charge in [0.05, 0.1) is 22.4 Å². The molecule has 0 radical (unpaired) electrons. The number of nitrogens with zero attached hydrogens (tertiary/aromatic N) is 3. The van der Waals surface area contributed by atoms with E-state index in [0.29, 0.717) is 11.5 Å². The molecule has 0 aliphatic carbocycles. The van der Waals surface area contributed by atoms with Crippen molar-refractivity contribution >= 4 is 61.0 Å². The Bertz CT molecular complexity index is 2870. The fourth-order valence-electron chi connectivity index (χ4n) is 7.33. The van der Waals surface area contributed by atoms with Gasteiger partial charge in [0, 0.05) is 43.9 Å². The minimum absolute atomic E-state index is 0.577. The normalized spacial score (nSPS) is 12.3. The Morgan fingerprint density at radius 3 is 2.02 bits per heavy atom. The molecule has 2 aromatic heterocycles. The fourth-order valence-corrected chi connectivity index (χ4v) is 7.33. The van der Waals surface area contributed by atoms with E-state index in [1.807, 2.05) is 43.3 Å². The SMILES string of the molecule is C=C(N=C(N=C(C)c1cccc2c1oc1c(-c3ccccc3)cccc12)c1ccc2c3ccccc3n(-c3ccccc3C)c2c1)c1ccccc1. The van der Waals surface area contributed by atoms with Gasteiger partial charge in [0.15, 0.2) is 5.84 Å². The highest BCUT2D eigenvalue weighted by atomic mass is 16.3. The van der Waals surface area contributed by atoms with Crippen molar-refractivity contribution in [2.24, 2.45) is 9.98 Å². The highest BCUT2D eigenvalue weighted by Crippen LogP contribution is 2.38. The minimum atomic E-state index is 0.577. The molecule has 0 amide bonds. The van der Waals surface area contributed by atoms with Gasteiger partial charge >= 0.3 is 0 Å². The van der Waals surface area contributed by atoms with Crippen molar-refractivity contribution in [2.45, 2.75) is 13.8 Å². The number of aromatic nitrogens is 1. The van der Waals surface area contributed by atoms with Crippen LogP contribution < -0.4 is 0 Å². The van der Waals surface area contributed by atoms with Gasteiger partial charge in [-0.1, -0.05) is 146 Å². The number of amidine groups is 1. The third-order valence-corrected chi connectivity index (χ3v) is 9.91. The molecule has 4 nitrogen and oxygen atoms in total. The van der Waals surface area contributed by atoms with Gasteiger partial charge in [-0.2, -0.15) is 0 Å². The van der Waals surface area contributed by atoms with Crippen LogP contribution in [0.1, 0.15) is 29.2 Å². The second-order valence-corrected chi connectivity index (χ2v) is 13.1. The van der Waals surface area contributed by atoms with E-state index in [4.69, 9.17) is 14.4 Å². The molecule has 0 unspecified atom stereocenters. The first kappa shape index (κ1) is 31.2. The van der Waals surface area contributed by atoms with Crippen LogP contribution in [0.4, 0.5) is 0 Å². The molecule has 7 aromatic carbocycles. The molecule has 0 atom stereocenters. The average Bonchev–Trinajstić information content (AvgIpc) is 3.74. The lowest BCUT2D eigenvalue weighted by molar-refractivity contribution is 0.669. The molecular weight excluding hydrogens is 635 g/mol. The summed E-state index contributed by atoms with van der Waals surface area (Å²) < 4.78 is 9.10. The maximum absolute atomic E-state index is 6.75. The summed E-state index contributed by atoms with van der Waals surface area (Å²) in [5.74, 6) is 0.577. The summed E-state index contributed by atoms with van der Waals surface area (Å²) in [7, 11) is 0. The van der Waals surface area contributed by atoms with E-state index in [1.165, 1.54) is 16.3 Å². The largest absolute Gasteiger partial charge is 0.455 e. The first-order valence-electron chi connectivity index (χ1n) is 17.5. The van der Waals surface area contributed by atoms with Gasteiger partial charge in [0.1, 0.15) is 11.2 Å². The molecular formula is C48H35N3O. The molecule has 0 fully saturated rings. The lowest BCUT2D eigenvalue weighted by Gasteiger charge is -2.12. The van der Waals surface area contributed by atoms with E-state index >= 15 is 0 Å². The average molecular weight is 670 g/mol. The van der Waals surface area contributed by atoms with Crippen LogP contribution in [0.3, 0.4) is 0 Å². The van der Waals surface area contributed by atoms with Crippen LogP contribution in [0.5, 0.6) is 0 Å². The molecule has 9 aromatic rings. The van der Waals surface area contributed by atoms with Crippen LogP contribution in [0.2, 0.25) is 0 Å². The fraction of sp³-hybridized carbons (Fsp3) is 0.0417. The van der Waals surface area contributed by atoms with Crippen LogP contribution in [0.25, 0.3) is 66.3 Å². The number of aliphatic imine (C=N–C) groups is 2. The molecule has 0 aliphatic heterocycles. The number of furan rings is 1. The Hall–Kier alpha value is -6.78. The summed E-state index contributed by atoms with van der Waals surface area (Å²) in [6.07, 6.45) is 0. The summed E-state index contributed by atoms with van der Waals surface area (Å²) in [4.78, 5) is 10.4. The van der Waals surface area contributed by atoms with E-state index in [2.05, 4.69) is 145 Å². The molecule has 9 rings (SSSR count). The van der Waals surface area contributed by atoms with Gasteiger partial charge < -0.3 is 8.98 Å². The molecule has 0 saturated heterocycles. The molecule has 0 saturated carbocycles. The molecule has 0 bridgehead atoms. The lowest BCUT2D eigenvalue weighted by Crippen LogP contribution is -2.05. The Balaban J connectivity index is 1.25. The molecule has 248 valence electrons. The van der Waals surface area contributed by atoms with Gasteiger partial charge in [-0.15, -0.1) is 0 Å². The van der Waals surface area contributed by atoms with Crippen molar-refractivity contribution in [3.8, 4) is 16.8 Å². The van der Waals surface area contributed by atoms with Crippen LogP contribution in [-0.4, -0.2) is 16.1 Å². The number of para-hydroxylation sites is 4. The zero-order valence-electron chi connectivity index (χ0n) is 29.0. The summed E-state index contributed by atoms with van der Waals surface area (Å²) in [5.41, 5.74) is 12.6. The van der Waals surface area contributed by atoms with Crippen molar-refractivity contribution < 1.29 is 4.42 Å². The Labute approximate surface area is 302 Å². The van der Waals surface area contributed by atoms with Crippen molar-refractivity contribution in [2.75, 3.05) is 0 Å². The highest BCUT2D eigenvalue weighted by molar-refractivity contribution is 6.20. The number of hydrogen-bond donors (Lipinski definition) is 0. The summed E-state index contributed by atoms with van der Waals surface area (Å²) in [5, 5.41) is 4.50. The molecule has 0 aliphatic rings. The third-order valence-electron chi connectivity index (χ3n) is 9.91. The number of fused-ring (bicyclic) bond motifs is 6. The first-order valence-corrected chi connectivity index (χ1v) is 17.5. The van der Waals surface area contributed by atoms with Crippen LogP contribution in [0, 0.1) is 6.92 Å². The Morgan fingerprint density at radius 1 is 0.558 bits per heavy atom. The Morgan fingerprint density at radius 2 is 1.21 bits per heavy atom. The van der Waals surface area contributed by atoms with Gasteiger partial charge in [-0.05, 0) is 54.8 Å². The lowest BCUT2D eigenvalue weighted by atomic mass is 10.0. The van der Waals surface area contributed by atoms with Crippen LogP contribution >= 0.6 is 0 Å². The summed E-state index contributed by atoms with van der Waals surface area (Å²) in [6, 6.07) is 56.7. The maximum atomic E-state index is 6.75. The molecule has 52 heavy (non-hydrogen) atoms. The van der Waals surface area contributed by atoms with E-state index in [0.717, 1.165) is 72.2 Å². The van der Waals surface area contributed by atoms with Crippen LogP contribution in [0.15, 0.2) is 185 Å². The number of hydrogen-bond acceptors (Lipinski definition) is 2. The van der Waals surface area contributed by atoms with Crippen molar-refractivity contribution in [3.05, 3.63) is 193 Å². The number of rotatable bonds is 6. The zero-order valence-corrected chi connectivity index (χ0v) is 29.0. The standard InChI is InChI=1S/C48H35N3O/c1-31-16-10-12-26-43(31)51-44-27-13-11-21-39(44)40-29-28-36(30-45(40)51)48(49-32(2)34-17-6-4-7-18-34)50-33(3)37-22-14-24-41-42-25-15-23-38(47(42)52-46(37)41)35-19-8-5-9-20-35/h4-30H,2H2,1,3H3. The van der Waals surface area contributed by atoms with Gasteiger partial charge in [-0.25, -0.2) is 9.98 Å². The monoisotopic (exact) mass is 669 g/mol. The second-order valence-electron chi connectivity index (χ2n) is 13.1. The number of aryl methyl sites for hydroxylation is 1. The predicted octanol–water partition coefficient (Wildman–Crippen LogP) is 12.6. The van der Waals surface area contributed by atoms with Gasteiger partial charge in [-0.3, -0.25) is 0 Å². The summed E-state index contributed by atoms with van der Waals surface area (Å²) >= 11 is 0. The van der Waals surface area contributed by atoms with E-state index in [9.17, 15) is 0 Å². The second kappa shape index (κ2) is 12.8. The van der Waals surface area contributed by atoms with E-state index in [-0.39, 0.29) is 0 Å². The van der Waals surface area contributed by atoms with Gasteiger partial charge in [0.25, 0.3) is 0 Å². The molecule has 2 heterocycles. The zero-order chi connectivity index (χ0) is 35.2. The molecule has 4 heteroatoms. The van der Waals surface area contributed by atoms with Crippen LogP contribution in [-0.2, 0) is 0 Å². The quantitative estimate of drug-likeness (QED) is 0.128. The molecule has 0 spiro atoms. The number of benzene rings is 7. The highest BCUT2D eigenvalue weighted by Gasteiger charge is 2.18. The minimum Gasteiger partial charge on any atom is -0.455 e. The van der Waals surface area contributed by atoms with Crippen molar-refractivity contribution in [1.29, 1.82) is 0 Å².